The summed E-state index contributed by atoms with van der Waals surface area (Å²) in [4.78, 5) is 27.4. The number of carbonyl (C=O) groups is 2. The molecular weight excluding hydrogens is 493 g/mol. The number of aryl methyl sites for hydroxylation is 4. The van der Waals surface area contributed by atoms with Crippen LogP contribution in [0.4, 0.5) is 5.69 Å². The third kappa shape index (κ3) is 5.35. The van der Waals surface area contributed by atoms with Gasteiger partial charge in [0.2, 0.25) is 11.8 Å². The fourth-order valence-corrected chi connectivity index (χ4v) is 3.82. The fraction of sp³-hybridized carbons (Fsp3) is 0.364. The van der Waals surface area contributed by atoms with Gasteiger partial charge in [-0.05, 0) is 86.7 Å². The number of halogens is 1. The van der Waals surface area contributed by atoms with Crippen molar-refractivity contribution >= 4 is 40.1 Å². The molecule has 0 aliphatic heterocycles. The van der Waals surface area contributed by atoms with Gasteiger partial charge >= 0.3 is 0 Å². The van der Waals surface area contributed by atoms with E-state index >= 15 is 0 Å². The van der Waals surface area contributed by atoms with E-state index in [2.05, 4.69) is 37.7 Å². The summed E-state index contributed by atoms with van der Waals surface area (Å²) in [6.07, 6.45) is 0.615. The zero-order valence-electron chi connectivity index (χ0n) is 17.7. The summed E-state index contributed by atoms with van der Waals surface area (Å²) in [6.45, 7) is 8.51. The predicted octanol–water partition coefficient (Wildman–Crippen LogP) is 4.19. The van der Waals surface area contributed by atoms with Crippen molar-refractivity contribution in [1.82, 2.24) is 19.6 Å². The minimum absolute atomic E-state index is 0.0546. The van der Waals surface area contributed by atoms with Crippen molar-refractivity contribution in [3.8, 4) is 0 Å². The minimum atomic E-state index is -0.0546. The molecule has 0 aliphatic rings. The molecule has 3 rings (SSSR count). The summed E-state index contributed by atoms with van der Waals surface area (Å²) in [5.74, 6) is -0.109. The lowest BCUT2D eigenvalue weighted by molar-refractivity contribution is 0.0885. The number of aromatic nitrogens is 4. The van der Waals surface area contributed by atoms with E-state index < -0.39 is 0 Å². The van der Waals surface area contributed by atoms with Crippen LogP contribution >= 0.6 is 22.6 Å². The molecule has 3 aromatic rings. The van der Waals surface area contributed by atoms with Crippen molar-refractivity contribution in [3.05, 3.63) is 62.7 Å². The van der Waals surface area contributed by atoms with Gasteiger partial charge in [0.15, 0.2) is 0 Å². The van der Waals surface area contributed by atoms with Crippen molar-refractivity contribution in [2.75, 3.05) is 18.0 Å². The SMILES string of the molecule is Cc1cc(C)n(C(=O)CCN(CCC(=O)n2nc(C)cc2C)c2ccc(I)cc2)n1. The summed E-state index contributed by atoms with van der Waals surface area (Å²) < 4.78 is 4.05. The van der Waals surface area contributed by atoms with E-state index in [1.807, 2.05) is 64.1 Å². The number of hydrogen-bond acceptors (Lipinski definition) is 5. The van der Waals surface area contributed by atoms with Crippen molar-refractivity contribution in [3.63, 3.8) is 0 Å². The second-order valence-corrected chi connectivity index (χ2v) is 8.67. The van der Waals surface area contributed by atoms with Crippen LogP contribution in [0.5, 0.6) is 0 Å². The average Bonchev–Trinajstić information content (AvgIpc) is 3.22. The molecule has 0 N–H and O–H groups in total. The van der Waals surface area contributed by atoms with Crippen LogP contribution in [0.15, 0.2) is 36.4 Å². The van der Waals surface area contributed by atoms with E-state index in [1.165, 1.54) is 9.36 Å². The number of carbonyl (C=O) groups excluding carboxylic acids is 2. The van der Waals surface area contributed by atoms with Crippen LogP contribution < -0.4 is 4.90 Å². The van der Waals surface area contributed by atoms with Crippen molar-refractivity contribution in [2.24, 2.45) is 0 Å². The van der Waals surface area contributed by atoms with Gasteiger partial charge in [-0.2, -0.15) is 10.2 Å². The molecule has 8 heteroatoms. The topological polar surface area (TPSA) is 73.0 Å². The van der Waals surface area contributed by atoms with Crippen LogP contribution in [0.25, 0.3) is 0 Å². The Labute approximate surface area is 190 Å². The zero-order chi connectivity index (χ0) is 21.8. The Bertz CT molecular complexity index is 990. The maximum absolute atomic E-state index is 12.7. The largest absolute Gasteiger partial charge is 0.370 e. The van der Waals surface area contributed by atoms with Crippen LogP contribution in [0.3, 0.4) is 0 Å². The molecule has 1 aromatic carbocycles. The molecular formula is C22H26IN5O2. The van der Waals surface area contributed by atoms with Crippen LogP contribution in [-0.2, 0) is 0 Å². The van der Waals surface area contributed by atoms with Gasteiger partial charge < -0.3 is 4.90 Å². The Morgan fingerprint density at radius 1 is 0.833 bits per heavy atom. The summed E-state index contributed by atoms with van der Waals surface area (Å²) in [6, 6.07) is 11.9. The lowest BCUT2D eigenvalue weighted by Gasteiger charge is -2.24. The standard InChI is InChI=1S/C22H26IN5O2/c1-15-13-17(3)27(24-15)21(29)9-11-26(20-7-5-19(23)6-8-20)12-10-22(30)28-18(4)14-16(2)25-28/h5-8,13-14H,9-12H2,1-4H3. The second-order valence-electron chi connectivity index (χ2n) is 7.43. The summed E-state index contributed by atoms with van der Waals surface area (Å²) in [5, 5.41) is 8.56. The van der Waals surface area contributed by atoms with Gasteiger partial charge in [-0.15, -0.1) is 0 Å². The Morgan fingerprint density at radius 2 is 1.27 bits per heavy atom. The van der Waals surface area contributed by atoms with Gasteiger partial charge in [-0.1, -0.05) is 0 Å². The van der Waals surface area contributed by atoms with Gasteiger partial charge in [-0.3, -0.25) is 9.59 Å². The molecule has 0 fully saturated rings. The van der Waals surface area contributed by atoms with E-state index in [4.69, 9.17) is 0 Å². The number of anilines is 1. The molecule has 0 radical (unpaired) electrons. The first-order chi connectivity index (χ1) is 14.2. The lowest BCUT2D eigenvalue weighted by atomic mass is 10.2. The Kier molecular flexibility index (Phi) is 7.06. The van der Waals surface area contributed by atoms with Gasteiger partial charge in [0, 0.05) is 46.6 Å². The van der Waals surface area contributed by atoms with Crippen LogP contribution in [0.2, 0.25) is 0 Å². The Hall–Kier alpha value is -2.49. The van der Waals surface area contributed by atoms with Crippen LogP contribution in [0, 0.1) is 31.3 Å². The third-order valence-electron chi connectivity index (χ3n) is 4.87. The zero-order valence-corrected chi connectivity index (χ0v) is 19.9. The first-order valence-electron chi connectivity index (χ1n) is 9.88. The molecule has 0 aliphatic carbocycles. The molecule has 0 amide bonds. The number of benzene rings is 1. The number of hydrogen-bond donors (Lipinski definition) is 0. The average molecular weight is 519 g/mol. The predicted molar refractivity (Wildman–Crippen MR) is 125 cm³/mol. The molecule has 158 valence electrons. The van der Waals surface area contributed by atoms with Crippen molar-refractivity contribution in [1.29, 1.82) is 0 Å². The molecule has 0 spiro atoms. The number of nitrogens with zero attached hydrogens (tertiary/aromatic N) is 5. The fourth-order valence-electron chi connectivity index (χ4n) is 3.46. The van der Waals surface area contributed by atoms with Crippen LogP contribution in [0.1, 0.15) is 45.2 Å². The quantitative estimate of drug-likeness (QED) is 0.438. The third-order valence-corrected chi connectivity index (χ3v) is 5.59. The molecule has 30 heavy (non-hydrogen) atoms. The van der Waals surface area contributed by atoms with Crippen molar-refractivity contribution in [2.45, 2.75) is 40.5 Å². The molecule has 0 saturated carbocycles. The van der Waals surface area contributed by atoms with E-state index in [1.54, 1.807) is 0 Å². The summed E-state index contributed by atoms with van der Waals surface area (Å²) in [7, 11) is 0. The maximum atomic E-state index is 12.7. The molecule has 0 saturated heterocycles. The molecule has 0 bridgehead atoms. The lowest BCUT2D eigenvalue weighted by Crippen LogP contribution is -2.31. The van der Waals surface area contributed by atoms with E-state index in [9.17, 15) is 9.59 Å². The summed E-state index contributed by atoms with van der Waals surface area (Å²) >= 11 is 2.26. The highest BCUT2D eigenvalue weighted by Gasteiger charge is 2.16. The van der Waals surface area contributed by atoms with Gasteiger partial charge in [0.05, 0.1) is 11.4 Å². The van der Waals surface area contributed by atoms with E-state index in [-0.39, 0.29) is 11.8 Å². The van der Waals surface area contributed by atoms with Crippen molar-refractivity contribution < 1.29 is 9.59 Å². The Balaban J connectivity index is 1.71. The second kappa shape index (κ2) is 9.55. The normalized spacial score (nSPS) is 11.0. The Morgan fingerprint density at radius 3 is 1.63 bits per heavy atom. The highest BCUT2D eigenvalue weighted by molar-refractivity contribution is 14.1. The molecule has 2 heterocycles. The maximum Gasteiger partial charge on any atom is 0.248 e. The van der Waals surface area contributed by atoms with Gasteiger partial charge in [-0.25, -0.2) is 9.36 Å². The molecule has 0 atom stereocenters. The molecule has 7 nitrogen and oxygen atoms in total. The highest BCUT2D eigenvalue weighted by Crippen LogP contribution is 2.18. The monoisotopic (exact) mass is 519 g/mol. The molecule has 2 aromatic heterocycles. The van der Waals surface area contributed by atoms with E-state index in [0.29, 0.717) is 25.9 Å². The van der Waals surface area contributed by atoms with E-state index in [0.717, 1.165) is 32.0 Å². The van der Waals surface area contributed by atoms with Gasteiger partial charge in [0.1, 0.15) is 0 Å². The summed E-state index contributed by atoms with van der Waals surface area (Å²) in [5.41, 5.74) is 4.30. The smallest absolute Gasteiger partial charge is 0.248 e. The van der Waals surface area contributed by atoms with Gasteiger partial charge in [0.25, 0.3) is 0 Å². The number of rotatable bonds is 7. The first-order valence-corrected chi connectivity index (χ1v) is 11.0. The highest BCUT2D eigenvalue weighted by atomic mass is 127. The van der Waals surface area contributed by atoms with Crippen LogP contribution in [-0.4, -0.2) is 44.5 Å². The molecule has 0 unspecified atom stereocenters. The minimum Gasteiger partial charge on any atom is -0.370 e. The first kappa shape index (κ1) is 22.2.